The number of aliphatic carboxylic acids is 2. The third kappa shape index (κ3) is 7.45. The number of carbonyl (C=O) groups excluding carboxylic acids is 2. The standard InChI is InChI=1S/C18H25N3O6/c1-10(2)15(18(26)27)21-17(25)13(9-14(22)23)20-16(24)12(19)8-11-6-4-3-5-7-11/h3-7,10,12-13,15H,8-9,19H2,1-2H3,(H,20,24)(H,21,25)(H,22,23)(H,26,27). The summed E-state index contributed by atoms with van der Waals surface area (Å²) < 4.78 is 0. The van der Waals surface area contributed by atoms with E-state index in [1.54, 1.807) is 38.1 Å². The summed E-state index contributed by atoms with van der Waals surface area (Å²) in [5.74, 6) is -4.58. The van der Waals surface area contributed by atoms with Crippen LogP contribution in [-0.4, -0.2) is 52.1 Å². The Bertz CT molecular complexity index is 677. The number of hydrogen-bond donors (Lipinski definition) is 5. The van der Waals surface area contributed by atoms with E-state index in [9.17, 15) is 19.2 Å². The largest absolute Gasteiger partial charge is 0.481 e. The van der Waals surface area contributed by atoms with Gasteiger partial charge in [0.1, 0.15) is 12.1 Å². The second-order valence-corrected chi connectivity index (χ2v) is 6.52. The molecular weight excluding hydrogens is 354 g/mol. The molecule has 0 spiro atoms. The van der Waals surface area contributed by atoms with Crippen molar-refractivity contribution in [3.8, 4) is 0 Å². The van der Waals surface area contributed by atoms with Gasteiger partial charge in [0.25, 0.3) is 0 Å². The Hall–Kier alpha value is -2.94. The average molecular weight is 379 g/mol. The van der Waals surface area contributed by atoms with Crippen LogP contribution in [0.25, 0.3) is 0 Å². The predicted molar refractivity (Wildman–Crippen MR) is 96.7 cm³/mol. The molecule has 148 valence electrons. The van der Waals surface area contributed by atoms with Crippen LogP contribution < -0.4 is 16.4 Å². The lowest BCUT2D eigenvalue weighted by Gasteiger charge is -2.23. The minimum absolute atomic E-state index is 0.206. The highest BCUT2D eigenvalue weighted by molar-refractivity contribution is 5.94. The molecule has 2 amide bonds. The van der Waals surface area contributed by atoms with Gasteiger partial charge < -0.3 is 26.6 Å². The SMILES string of the molecule is CC(C)C(NC(=O)C(CC(=O)O)NC(=O)C(N)Cc1ccccc1)C(=O)O. The molecule has 0 aliphatic rings. The summed E-state index contributed by atoms with van der Waals surface area (Å²) in [6.07, 6.45) is -0.488. The van der Waals surface area contributed by atoms with Crippen LogP contribution in [0.3, 0.4) is 0 Å². The van der Waals surface area contributed by atoms with E-state index in [1.807, 2.05) is 6.07 Å². The number of rotatable bonds is 10. The maximum Gasteiger partial charge on any atom is 0.326 e. The molecule has 6 N–H and O–H groups in total. The molecule has 0 fully saturated rings. The molecule has 27 heavy (non-hydrogen) atoms. The second-order valence-electron chi connectivity index (χ2n) is 6.52. The van der Waals surface area contributed by atoms with Crippen LogP contribution in [0.15, 0.2) is 30.3 Å². The molecule has 0 saturated carbocycles. The number of hydrogen-bond acceptors (Lipinski definition) is 5. The smallest absolute Gasteiger partial charge is 0.326 e. The van der Waals surface area contributed by atoms with Crippen molar-refractivity contribution in [2.75, 3.05) is 0 Å². The van der Waals surface area contributed by atoms with Crippen LogP contribution in [0.5, 0.6) is 0 Å². The lowest BCUT2D eigenvalue weighted by molar-refractivity contribution is -0.144. The van der Waals surface area contributed by atoms with Gasteiger partial charge >= 0.3 is 11.9 Å². The monoisotopic (exact) mass is 379 g/mol. The Morgan fingerprint density at radius 2 is 1.59 bits per heavy atom. The topological polar surface area (TPSA) is 159 Å². The van der Waals surface area contributed by atoms with E-state index in [-0.39, 0.29) is 6.42 Å². The Kier molecular flexibility index (Phi) is 8.40. The molecular formula is C18H25N3O6. The van der Waals surface area contributed by atoms with E-state index in [1.165, 1.54) is 0 Å². The van der Waals surface area contributed by atoms with Gasteiger partial charge in [-0.2, -0.15) is 0 Å². The van der Waals surface area contributed by atoms with Gasteiger partial charge in [0.15, 0.2) is 0 Å². The van der Waals surface area contributed by atoms with Gasteiger partial charge in [-0.3, -0.25) is 14.4 Å². The summed E-state index contributed by atoms with van der Waals surface area (Å²) >= 11 is 0. The summed E-state index contributed by atoms with van der Waals surface area (Å²) in [5.41, 5.74) is 6.65. The van der Waals surface area contributed by atoms with Gasteiger partial charge in [0.05, 0.1) is 12.5 Å². The van der Waals surface area contributed by atoms with E-state index >= 15 is 0 Å². The fraction of sp³-hybridized carbons (Fsp3) is 0.444. The number of carboxylic acid groups (broad SMARTS) is 2. The first kappa shape index (κ1) is 22.1. The van der Waals surface area contributed by atoms with Crippen molar-refractivity contribution in [3.63, 3.8) is 0 Å². The van der Waals surface area contributed by atoms with Crippen molar-refractivity contribution < 1.29 is 29.4 Å². The number of nitrogens with one attached hydrogen (secondary N) is 2. The number of amides is 2. The Morgan fingerprint density at radius 3 is 2.07 bits per heavy atom. The Morgan fingerprint density at radius 1 is 1.00 bits per heavy atom. The van der Waals surface area contributed by atoms with Gasteiger partial charge in [0.2, 0.25) is 11.8 Å². The Labute approximate surface area is 156 Å². The van der Waals surface area contributed by atoms with Crippen molar-refractivity contribution in [2.45, 2.75) is 44.8 Å². The molecule has 0 aliphatic heterocycles. The fourth-order valence-corrected chi connectivity index (χ4v) is 2.39. The summed E-state index contributed by atoms with van der Waals surface area (Å²) in [5, 5.41) is 22.7. The highest BCUT2D eigenvalue weighted by atomic mass is 16.4. The van der Waals surface area contributed by atoms with Crippen LogP contribution in [0.2, 0.25) is 0 Å². The molecule has 0 aromatic heterocycles. The highest BCUT2D eigenvalue weighted by Crippen LogP contribution is 2.05. The zero-order chi connectivity index (χ0) is 20.6. The van der Waals surface area contributed by atoms with Crippen LogP contribution in [0, 0.1) is 5.92 Å². The summed E-state index contributed by atoms with van der Waals surface area (Å²) in [4.78, 5) is 46.8. The highest BCUT2D eigenvalue weighted by Gasteiger charge is 2.30. The van der Waals surface area contributed by atoms with Gasteiger partial charge in [-0.05, 0) is 17.9 Å². The summed E-state index contributed by atoms with van der Waals surface area (Å²) in [7, 11) is 0. The quantitative estimate of drug-likeness (QED) is 0.374. The molecule has 3 unspecified atom stereocenters. The van der Waals surface area contributed by atoms with Crippen molar-refractivity contribution in [2.24, 2.45) is 11.7 Å². The molecule has 1 aromatic carbocycles. The van der Waals surface area contributed by atoms with Gasteiger partial charge in [-0.1, -0.05) is 44.2 Å². The first-order valence-electron chi connectivity index (χ1n) is 8.46. The first-order chi connectivity index (χ1) is 12.6. The molecule has 9 nitrogen and oxygen atoms in total. The molecule has 0 bridgehead atoms. The zero-order valence-corrected chi connectivity index (χ0v) is 15.2. The third-order valence-electron chi connectivity index (χ3n) is 3.88. The van der Waals surface area contributed by atoms with Crippen LogP contribution in [0.4, 0.5) is 0 Å². The first-order valence-corrected chi connectivity index (χ1v) is 8.46. The van der Waals surface area contributed by atoms with Gasteiger partial charge in [-0.15, -0.1) is 0 Å². The Balaban J connectivity index is 2.80. The molecule has 1 rings (SSSR count). The fourth-order valence-electron chi connectivity index (χ4n) is 2.39. The number of nitrogens with two attached hydrogens (primary N) is 1. The lowest BCUT2D eigenvalue weighted by atomic mass is 10.0. The second kappa shape index (κ2) is 10.3. The van der Waals surface area contributed by atoms with Crippen molar-refractivity contribution >= 4 is 23.8 Å². The molecule has 0 heterocycles. The maximum atomic E-state index is 12.3. The number of benzene rings is 1. The minimum Gasteiger partial charge on any atom is -0.481 e. The summed E-state index contributed by atoms with van der Waals surface area (Å²) in [6, 6.07) is 5.34. The van der Waals surface area contributed by atoms with E-state index in [0.29, 0.717) is 0 Å². The molecule has 0 saturated heterocycles. The number of carboxylic acids is 2. The minimum atomic E-state index is -1.43. The predicted octanol–water partition coefficient (Wildman–Crippen LogP) is -0.259. The lowest BCUT2D eigenvalue weighted by Crippen LogP contribution is -2.56. The van der Waals surface area contributed by atoms with Crippen LogP contribution in [-0.2, 0) is 25.6 Å². The van der Waals surface area contributed by atoms with Gasteiger partial charge in [-0.25, -0.2) is 4.79 Å². The van der Waals surface area contributed by atoms with Crippen LogP contribution in [0.1, 0.15) is 25.8 Å². The molecule has 1 aromatic rings. The third-order valence-corrected chi connectivity index (χ3v) is 3.88. The van der Waals surface area contributed by atoms with E-state index in [2.05, 4.69) is 10.6 Å². The van der Waals surface area contributed by atoms with Crippen molar-refractivity contribution in [1.82, 2.24) is 10.6 Å². The average Bonchev–Trinajstić information content (AvgIpc) is 2.58. The maximum absolute atomic E-state index is 12.3. The molecule has 0 radical (unpaired) electrons. The van der Waals surface area contributed by atoms with E-state index in [4.69, 9.17) is 15.9 Å². The summed E-state index contributed by atoms with van der Waals surface area (Å²) in [6.45, 7) is 3.19. The van der Waals surface area contributed by atoms with Crippen LogP contribution >= 0.6 is 0 Å². The molecule has 9 heteroatoms. The van der Waals surface area contributed by atoms with Crippen molar-refractivity contribution in [1.29, 1.82) is 0 Å². The van der Waals surface area contributed by atoms with Gasteiger partial charge in [0, 0.05) is 0 Å². The number of carbonyl (C=O) groups is 4. The zero-order valence-electron chi connectivity index (χ0n) is 15.2. The molecule has 3 atom stereocenters. The van der Waals surface area contributed by atoms with Crippen molar-refractivity contribution in [3.05, 3.63) is 35.9 Å². The van der Waals surface area contributed by atoms with E-state index in [0.717, 1.165) is 5.56 Å². The van der Waals surface area contributed by atoms with E-state index < -0.39 is 54.2 Å². The normalized spacial score (nSPS) is 14.1. The molecule has 0 aliphatic carbocycles.